The van der Waals surface area contributed by atoms with E-state index in [1.54, 1.807) is 25.7 Å². The van der Waals surface area contributed by atoms with Gasteiger partial charge >= 0.3 is 0 Å². The van der Waals surface area contributed by atoms with Gasteiger partial charge in [-0.3, -0.25) is 0 Å². The van der Waals surface area contributed by atoms with Crippen molar-refractivity contribution in [3.8, 4) is 0 Å². The van der Waals surface area contributed by atoms with E-state index in [0.717, 1.165) is 34.2 Å². The zero-order valence-corrected chi connectivity index (χ0v) is 11.6. The second kappa shape index (κ2) is 4.55. The molecule has 0 spiro atoms. The van der Waals surface area contributed by atoms with Crippen LogP contribution in [-0.2, 0) is 0 Å². The molecule has 1 heteroatoms. The lowest BCUT2D eigenvalue weighted by molar-refractivity contribution is 0.312. The summed E-state index contributed by atoms with van der Waals surface area (Å²) in [4.78, 5) is 0. The van der Waals surface area contributed by atoms with Gasteiger partial charge in [-0.25, -0.2) is 0 Å². The quantitative estimate of drug-likeness (QED) is 0.682. The molecular formula is C15H26S. The molecule has 2 atom stereocenters. The topological polar surface area (TPSA) is 0 Å². The average Bonchev–Trinajstić information content (AvgIpc) is 3.12. The van der Waals surface area contributed by atoms with Crippen molar-refractivity contribution in [2.75, 3.05) is 0 Å². The molecule has 0 heterocycles. The van der Waals surface area contributed by atoms with Crippen molar-refractivity contribution in [2.45, 2.75) is 69.3 Å². The maximum atomic E-state index is 2.50. The van der Waals surface area contributed by atoms with Crippen LogP contribution >= 0.6 is 11.8 Å². The first kappa shape index (κ1) is 11.4. The van der Waals surface area contributed by atoms with Crippen LogP contribution in [-0.4, -0.2) is 10.5 Å². The lowest BCUT2D eigenvalue weighted by Crippen LogP contribution is -2.30. The molecule has 0 radical (unpaired) electrons. The Morgan fingerprint density at radius 1 is 0.812 bits per heavy atom. The van der Waals surface area contributed by atoms with Gasteiger partial charge in [0.05, 0.1) is 0 Å². The molecule has 0 aromatic carbocycles. The highest BCUT2D eigenvalue weighted by atomic mass is 32.2. The molecular weight excluding hydrogens is 212 g/mol. The highest BCUT2D eigenvalue weighted by Gasteiger charge is 2.44. The molecule has 0 saturated heterocycles. The second-order valence-corrected chi connectivity index (χ2v) is 7.99. The summed E-state index contributed by atoms with van der Waals surface area (Å²) in [6.45, 7) is 5.01. The fourth-order valence-corrected chi connectivity index (χ4v) is 5.72. The number of thioether (sulfide) groups is 1. The van der Waals surface area contributed by atoms with Gasteiger partial charge in [0.25, 0.3) is 0 Å². The monoisotopic (exact) mass is 238 g/mol. The van der Waals surface area contributed by atoms with Crippen LogP contribution in [0.2, 0.25) is 0 Å². The first-order chi connectivity index (χ1) is 7.75. The van der Waals surface area contributed by atoms with Crippen LogP contribution in [0, 0.1) is 23.7 Å². The van der Waals surface area contributed by atoms with E-state index in [1.165, 1.54) is 19.3 Å². The van der Waals surface area contributed by atoms with E-state index in [4.69, 9.17) is 0 Å². The van der Waals surface area contributed by atoms with Gasteiger partial charge < -0.3 is 0 Å². The largest absolute Gasteiger partial charge is 0.154 e. The Morgan fingerprint density at radius 3 is 1.75 bits per heavy atom. The molecule has 92 valence electrons. The van der Waals surface area contributed by atoms with Gasteiger partial charge in [0.2, 0.25) is 0 Å². The Labute approximate surface area is 105 Å². The predicted molar refractivity (Wildman–Crippen MR) is 72.8 cm³/mol. The van der Waals surface area contributed by atoms with Gasteiger partial charge in [-0.1, -0.05) is 20.3 Å². The fourth-order valence-electron chi connectivity index (χ4n) is 3.56. The van der Waals surface area contributed by atoms with E-state index in [0.29, 0.717) is 0 Å². The van der Waals surface area contributed by atoms with Gasteiger partial charge in [-0.15, -0.1) is 0 Å². The van der Waals surface area contributed by atoms with E-state index in [9.17, 15) is 0 Å². The molecule has 0 N–H and O–H groups in total. The predicted octanol–water partition coefficient (Wildman–Crippen LogP) is 4.73. The van der Waals surface area contributed by atoms with Crippen molar-refractivity contribution in [1.82, 2.24) is 0 Å². The van der Waals surface area contributed by atoms with Gasteiger partial charge in [-0.2, -0.15) is 11.8 Å². The molecule has 0 aliphatic heterocycles. The summed E-state index contributed by atoms with van der Waals surface area (Å²) in [7, 11) is 0. The van der Waals surface area contributed by atoms with Crippen LogP contribution in [0.25, 0.3) is 0 Å². The third-order valence-corrected chi connectivity index (χ3v) is 7.26. The zero-order chi connectivity index (χ0) is 11.1. The second-order valence-electron chi connectivity index (χ2n) is 6.63. The number of hydrogen-bond acceptors (Lipinski definition) is 1. The molecule has 0 aromatic rings. The molecule has 3 aliphatic rings. The zero-order valence-electron chi connectivity index (χ0n) is 10.8. The van der Waals surface area contributed by atoms with Crippen LogP contribution < -0.4 is 0 Å². The normalized spacial score (nSPS) is 40.3. The third-order valence-electron chi connectivity index (χ3n) is 4.93. The van der Waals surface area contributed by atoms with E-state index in [2.05, 4.69) is 25.6 Å². The summed E-state index contributed by atoms with van der Waals surface area (Å²) < 4.78 is 0. The van der Waals surface area contributed by atoms with Crippen molar-refractivity contribution in [2.24, 2.45) is 23.7 Å². The standard InChI is InChI=1S/C15H26S/c1-10-4-3-5-11(2)14(10)16-15(12-6-7-12)13-8-9-13/h10-15H,3-9H2,1-2H3. The molecule has 3 saturated carbocycles. The summed E-state index contributed by atoms with van der Waals surface area (Å²) in [5, 5.41) is 2.05. The Hall–Kier alpha value is 0.350. The Bertz CT molecular complexity index is 220. The van der Waals surface area contributed by atoms with Crippen molar-refractivity contribution < 1.29 is 0 Å². The van der Waals surface area contributed by atoms with Crippen molar-refractivity contribution >= 4 is 11.8 Å². The van der Waals surface area contributed by atoms with Crippen LogP contribution in [0.3, 0.4) is 0 Å². The lowest BCUT2D eigenvalue weighted by Gasteiger charge is -2.36. The van der Waals surface area contributed by atoms with Crippen molar-refractivity contribution in [3.63, 3.8) is 0 Å². The first-order valence-corrected chi connectivity index (χ1v) is 8.35. The molecule has 0 bridgehead atoms. The number of hydrogen-bond donors (Lipinski definition) is 0. The Morgan fingerprint density at radius 2 is 1.31 bits per heavy atom. The minimum atomic E-state index is 0.980. The van der Waals surface area contributed by atoms with E-state index < -0.39 is 0 Å². The van der Waals surface area contributed by atoms with Crippen LogP contribution in [0.15, 0.2) is 0 Å². The minimum Gasteiger partial charge on any atom is -0.154 e. The van der Waals surface area contributed by atoms with Crippen LogP contribution in [0.1, 0.15) is 58.8 Å². The molecule has 0 amide bonds. The summed E-state index contributed by atoms with van der Waals surface area (Å²) in [5.74, 6) is 4.21. The molecule has 0 nitrogen and oxygen atoms in total. The average molecular weight is 238 g/mol. The first-order valence-electron chi connectivity index (χ1n) is 7.41. The van der Waals surface area contributed by atoms with Crippen LogP contribution in [0.5, 0.6) is 0 Å². The van der Waals surface area contributed by atoms with Crippen molar-refractivity contribution in [1.29, 1.82) is 0 Å². The van der Waals surface area contributed by atoms with Gasteiger partial charge in [0, 0.05) is 10.5 Å². The number of rotatable bonds is 4. The summed E-state index contributed by atoms with van der Waals surface area (Å²) in [5.41, 5.74) is 0. The molecule has 16 heavy (non-hydrogen) atoms. The summed E-state index contributed by atoms with van der Waals surface area (Å²) in [6.07, 6.45) is 10.6. The van der Waals surface area contributed by atoms with E-state index in [1.807, 2.05) is 0 Å². The summed E-state index contributed by atoms with van der Waals surface area (Å²) in [6, 6.07) is 0. The fraction of sp³-hybridized carbons (Fsp3) is 1.00. The molecule has 2 unspecified atom stereocenters. The Balaban J connectivity index is 1.61. The maximum absolute atomic E-state index is 2.50. The van der Waals surface area contributed by atoms with E-state index >= 15 is 0 Å². The van der Waals surface area contributed by atoms with Gasteiger partial charge in [0.1, 0.15) is 0 Å². The van der Waals surface area contributed by atoms with Crippen molar-refractivity contribution in [3.05, 3.63) is 0 Å². The van der Waals surface area contributed by atoms with E-state index in [-0.39, 0.29) is 0 Å². The smallest absolute Gasteiger partial charge is 0.0107 e. The highest BCUT2D eigenvalue weighted by Crippen LogP contribution is 2.54. The lowest BCUT2D eigenvalue weighted by atomic mass is 9.83. The summed E-state index contributed by atoms with van der Waals surface area (Å²) >= 11 is 2.42. The van der Waals surface area contributed by atoms with Gasteiger partial charge in [0.15, 0.2) is 0 Å². The third kappa shape index (κ3) is 2.44. The van der Waals surface area contributed by atoms with Crippen LogP contribution in [0.4, 0.5) is 0 Å². The Kier molecular flexibility index (Phi) is 3.26. The maximum Gasteiger partial charge on any atom is 0.0107 e. The molecule has 3 fully saturated rings. The molecule has 3 aliphatic carbocycles. The molecule has 3 rings (SSSR count). The van der Waals surface area contributed by atoms with Gasteiger partial charge in [-0.05, 0) is 62.2 Å². The SMILES string of the molecule is CC1CCCC(C)C1SC(C1CC1)C1CC1. The molecule has 0 aromatic heterocycles. The minimum absolute atomic E-state index is 0.980. The highest BCUT2D eigenvalue weighted by molar-refractivity contribution is 8.00.